The molecule has 3 aromatic rings. The number of hydrogen-bond acceptors (Lipinski definition) is 3. The summed E-state index contributed by atoms with van der Waals surface area (Å²) in [6.45, 7) is 0.847. The molecule has 2 aromatic carbocycles. The van der Waals surface area contributed by atoms with Crippen molar-refractivity contribution in [2.45, 2.75) is 12.8 Å². The van der Waals surface area contributed by atoms with Crippen molar-refractivity contribution in [2.75, 3.05) is 18.0 Å². The van der Waals surface area contributed by atoms with Gasteiger partial charge in [-0.3, -0.25) is 9.59 Å². The molecule has 2 heterocycles. The Labute approximate surface area is 174 Å². The number of hydrogen-bond donors (Lipinski definition) is 1. The normalized spacial score (nSPS) is 16.2. The van der Waals surface area contributed by atoms with Crippen LogP contribution in [0, 0.1) is 5.92 Å². The molecule has 7 heteroatoms. The van der Waals surface area contributed by atoms with Gasteiger partial charge in [-0.25, -0.2) is 4.68 Å². The fourth-order valence-corrected chi connectivity index (χ4v) is 3.64. The van der Waals surface area contributed by atoms with E-state index in [1.807, 2.05) is 53.3 Å². The fraction of sp³-hybridized carbons (Fsp3) is 0.227. The van der Waals surface area contributed by atoms with Crippen molar-refractivity contribution in [1.29, 1.82) is 0 Å². The van der Waals surface area contributed by atoms with Gasteiger partial charge in [0.05, 0.1) is 17.3 Å². The van der Waals surface area contributed by atoms with Gasteiger partial charge in [0.15, 0.2) is 0 Å². The van der Waals surface area contributed by atoms with Crippen LogP contribution in [0.25, 0.3) is 5.69 Å². The number of nitrogens with one attached hydrogen (secondary N) is 1. The maximum atomic E-state index is 12.5. The summed E-state index contributed by atoms with van der Waals surface area (Å²) in [5.41, 5.74) is 2.62. The van der Waals surface area contributed by atoms with E-state index < -0.39 is 0 Å². The van der Waals surface area contributed by atoms with Gasteiger partial charge >= 0.3 is 0 Å². The number of amides is 2. The smallest absolute Gasteiger partial charge is 0.227 e. The van der Waals surface area contributed by atoms with Gasteiger partial charge in [0.2, 0.25) is 11.8 Å². The van der Waals surface area contributed by atoms with Gasteiger partial charge in [-0.2, -0.15) is 5.10 Å². The Balaban J connectivity index is 1.29. The van der Waals surface area contributed by atoms with Gasteiger partial charge in [0, 0.05) is 42.8 Å². The van der Waals surface area contributed by atoms with Crippen LogP contribution in [-0.2, 0) is 16.0 Å². The minimum atomic E-state index is -0.358. The summed E-state index contributed by atoms with van der Waals surface area (Å²) in [6.07, 6.45) is 2.75. The topological polar surface area (TPSA) is 67.2 Å². The molecule has 1 atom stereocenters. The van der Waals surface area contributed by atoms with Gasteiger partial charge in [-0.05, 0) is 36.4 Å². The molecule has 1 aliphatic heterocycles. The lowest BCUT2D eigenvalue weighted by atomic mass is 10.1. The molecule has 1 unspecified atom stereocenters. The lowest BCUT2D eigenvalue weighted by Gasteiger charge is -2.17. The Morgan fingerprint density at radius 3 is 2.69 bits per heavy atom. The molecule has 1 aromatic heterocycles. The van der Waals surface area contributed by atoms with Gasteiger partial charge in [-0.1, -0.05) is 35.9 Å². The average molecular weight is 409 g/mol. The lowest BCUT2D eigenvalue weighted by Crippen LogP contribution is -2.34. The van der Waals surface area contributed by atoms with Crippen LogP contribution >= 0.6 is 11.6 Å². The standard InChI is InChI=1S/C22H21ClN4O2/c23-17-5-4-8-20(14-17)26-15-16(13-21(26)28)22(29)24-11-9-18-10-12-27(25-18)19-6-2-1-3-7-19/h1-8,10,12,14,16H,9,11,13,15H2,(H,24,29). The van der Waals surface area contributed by atoms with E-state index in [1.165, 1.54) is 0 Å². The van der Waals surface area contributed by atoms with Crippen molar-refractivity contribution < 1.29 is 9.59 Å². The van der Waals surface area contributed by atoms with E-state index in [0.29, 0.717) is 24.5 Å². The monoisotopic (exact) mass is 408 g/mol. The van der Waals surface area contributed by atoms with E-state index in [9.17, 15) is 9.59 Å². The molecule has 1 N–H and O–H groups in total. The predicted molar refractivity (Wildman–Crippen MR) is 112 cm³/mol. The summed E-state index contributed by atoms with van der Waals surface area (Å²) in [6, 6.07) is 18.9. The molecule has 4 rings (SSSR count). The van der Waals surface area contributed by atoms with Gasteiger partial charge < -0.3 is 10.2 Å². The minimum Gasteiger partial charge on any atom is -0.355 e. The number of halogens is 1. The van der Waals surface area contributed by atoms with Crippen molar-refractivity contribution in [3.8, 4) is 5.69 Å². The van der Waals surface area contributed by atoms with E-state index in [2.05, 4.69) is 10.4 Å². The minimum absolute atomic E-state index is 0.0611. The third kappa shape index (κ3) is 4.49. The Hall–Kier alpha value is -3.12. The van der Waals surface area contributed by atoms with E-state index in [4.69, 9.17) is 11.6 Å². The van der Waals surface area contributed by atoms with Crippen LogP contribution < -0.4 is 10.2 Å². The van der Waals surface area contributed by atoms with Crippen LogP contribution in [-0.4, -0.2) is 34.7 Å². The quantitative estimate of drug-likeness (QED) is 0.680. The van der Waals surface area contributed by atoms with Crippen molar-refractivity contribution in [3.05, 3.63) is 77.6 Å². The summed E-state index contributed by atoms with van der Waals surface area (Å²) in [5, 5.41) is 8.04. The number of carbonyl (C=O) groups is 2. The maximum absolute atomic E-state index is 12.5. The third-order valence-electron chi connectivity index (χ3n) is 4.96. The second-order valence-electron chi connectivity index (χ2n) is 7.01. The summed E-state index contributed by atoms with van der Waals surface area (Å²) >= 11 is 6.01. The van der Waals surface area contributed by atoms with Crippen LogP contribution in [0.15, 0.2) is 66.9 Å². The Kier molecular flexibility index (Phi) is 5.62. The number of nitrogens with zero attached hydrogens (tertiary/aromatic N) is 3. The highest BCUT2D eigenvalue weighted by atomic mass is 35.5. The number of anilines is 1. The molecule has 0 bridgehead atoms. The van der Waals surface area contributed by atoms with Crippen LogP contribution in [0.5, 0.6) is 0 Å². The van der Waals surface area contributed by atoms with Crippen molar-refractivity contribution in [1.82, 2.24) is 15.1 Å². The summed E-state index contributed by atoms with van der Waals surface area (Å²) in [7, 11) is 0. The zero-order valence-electron chi connectivity index (χ0n) is 15.8. The fourth-order valence-electron chi connectivity index (χ4n) is 3.45. The second-order valence-corrected chi connectivity index (χ2v) is 7.45. The van der Waals surface area contributed by atoms with Crippen LogP contribution in [0.2, 0.25) is 5.02 Å². The van der Waals surface area contributed by atoms with E-state index in [-0.39, 0.29) is 24.2 Å². The van der Waals surface area contributed by atoms with Crippen LogP contribution in [0.3, 0.4) is 0 Å². The maximum Gasteiger partial charge on any atom is 0.227 e. The first kappa shape index (κ1) is 19.2. The summed E-state index contributed by atoms with van der Waals surface area (Å²) in [5.74, 6) is -0.525. The molecule has 6 nitrogen and oxygen atoms in total. The molecular formula is C22H21ClN4O2. The molecule has 1 fully saturated rings. The lowest BCUT2D eigenvalue weighted by molar-refractivity contribution is -0.126. The molecule has 0 saturated carbocycles. The van der Waals surface area contributed by atoms with Crippen molar-refractivity contribution >= 4 is 29.1 Å². The van der Waals surface area contributed by atoms with Gasteiger partial charge in [0.25, 0.3) is 0 Å². The highest BCUT2D eigenvalue weighted by Crippen LogP contribution is 2.27. The van der Waals surface area contributed by atoms with Gasteiger partial charge in [0.1, 0.15) is 0 Å². The predicted octanol–water partition coefficient (Wildman–Crippen LogP) is 3.24. The Morgan fingerprint density at radius 1 is 1.10 bits per heavy atom. The third-order valence-corrected chi connectivity index (χ3v) is 5.20. The molecular weight excluding hydrogens is 388 g/mol. The first-order valence-electron chi connectivity index (χ1n) is 9.54. The summed E-state index contributed by atoms with van der Waals surface area (Å²) < 4.78 is 1.82. The molecule has 1 aliphatic rings. The number of aromatic nitrogens is 2. The number of rotatable bonds is 6. The van der Waals surface area contributed by atoms with E-state index >= 15 is 0 Å². The second kappa shape index (κ2) is 8.49. The van der Waals surface area contributed by atoms with Crippen molar-refractivity contribution in [2.24, 2.45) is 5.92 Å². The molecule has 2 amide bonds. The number of benzene rings is 2. The van der Waals surface area contributed by atoms with Crippen LogP contribution in [0.1, 0.15) is 12.1 Å². The Bertz CT molecular complexity index is 1020. The first-order chi connectivity index (χ1) is 14.1. The molecule has 0 spiro atoms. The molecule has 0 aliphatic carbocycles. The highest BCUT2D eigenvalue weighted by Gasteiger charge is 2.35. The zero-order valence-corrected chi connectivity index (χ0v) is 16.5. The molecule has 1 saturated heterocycles. The van der Waals surface area contributed by atoms with Crippen LogP contribution in [0.4, 0.5) is 5.69 Å². The number of carbonyl (C=O) groups excluding carboxylic acids is 2. The summed E-state index contributed by atoms with van der Waals surface area (Å²) in [4.78, 5) is 26.5. The molecule has 0 radical (unpaired) electrons. The van der Waals surface area contributed by atoms with Crippen molar-refractivity contribution in [3.63, 3.8) is 0 Å². The zero-order chi connectivity index (χ0) is 20.2. The number of para-hydroxylation sites is 1. The molecule has 148 valence electrons. The average Bonchev–Trinajstić information content (AvgIpc) is 3.35. The first-order valence-corrected chi connectivity index (χ1v) is 9.91. The van der Waals surface area contributed by atoms with E-state index in [1.54, 1.807) is 23.1 Å². The Morgan fingerprint density at radius 2 is 1.90 bits per heavy atom. The largest absolute Gasteiger partial charge is 0.355 e. The highest BCUT2D eigenvalue weighted by molar-refractivity contribution is 6.31. The van der Waals surface area contributed by atoms with Gasteiger partial charge in [-0.15, -0.1) is 0 Å². The SMILES string of the molecule is O=C(NCCc1ccn(-c2ccccc2)n1)C1CC(=O)N(c2cccc(Cl)c2)C1. The van der Waals surface area contributed by atoms with E-state index in [0.717, 1.165) is 17.1 Å². The molecule has 29 heavy (non-hydrogen) atoms.